The lowest BCUT2D eigenvalue weighted by atomic mass is 10.0. The predicted octanol–water partition coefficient (Wildman–Crippen LogP) is 3.87. The molecule has 1 N–H and O–H groups in total. The second kappa shape index (κ2) is 10.3. The van der Waals surface area contributed by atoms with Crippen molar-refractivity contribution in [1.29, 1.82) is 0 Å². The Labute approximate surface area is 178 Å². The van der Waals surface area contributed by atoms with Gasteiger partial charge in [0, 0.05) is 18.8 Å². The van der Waals surface area contributed by atoms with Gasteiger partial charge in [-0.25, -0.2) is 5.43 Å². The molecule has 3 rings (SSSR count). The second-order valence-corrected chi connectivity index (χ2v) is 7.86. The Bertz CT molecular complexity index is 885. The van der Waals surface area contributed by atoms with Gasteiger partial charge >= 0.3 is 0 Å². The first-order valence-electron chi connectivity index (χ1n) is 10.4. The highest BCUT2D eigenvalue weighted by Crippen LogP contribution is 2.27. The molecule has 1 aliphatic rings. The first-order chi connectivity index (χ1) is 14.4. The van der Waals surface area contributed by atoms with E-state index >= 15 is 0 Å². The molecule has 1 heterocycles. The van der Waals surface area contributed by atoms with Gasteiger partial charge in [-0.3, -0.25) is 4.79 Å². The van der Waals surface area contributed by atoms with Gasteiger partial charge in [0.05, 0.1) is 18.9 Å². The van der Waals surface area contributed by atoms with E-state index in [2.05, 4.69) is 53.5 Å². The number of carbonyl (C=O) groups excluding carboxylic acids is 1. The molecule has 1 fully saturated rings. The van der Waals surface area contributed by atoms with Gasteiger partial charge < -0.3 is 14.4 Å². The minimum atomic E-state index is -0.282. The highest BCUT2D eigenvalue weighted by atomic mass is 16.5. The molecule has 30 heavy (non-hydrogen) atoms. The van der Waals surface area contributed by atoms with Crippen molar-refractivity contribution < 1.29 is 14.3 Å². The molecule has 0 spiro atoms. The van der Waals surface area contributed by atoms with Gasteiger partial charge in [-0.1, -0.05) is 38.1 Å². The quantitative estimate of drug-likeness (QED) is 0.557. The van der Waals surface area contributed by atoms with Crippen LogP contribution in [0.4, 0.5) is 5.69 Å². The lowest BCUT2D eigenvalue weighted by molar-refractivity contribution is -0.123. The van der Waals surface area contributed by atoms with Gasteiger partial charge in [0.25, 0.3) is 5.91 Å². The summed E-state index contributed by atoms with van der Waals surface area (Å²) in [5.41, 5.74) is 7.67. The number of morpholine rings is 1. The summed E-state index contributed by atoms with van der Waals surface area (Å²) in [5.74, 6) is 0.791. The summed E-state index contributed by atoms with van der Waals surface area (Å²) < 4.78 is 11.2. The van der Waals surface area contributed by atoms with E-state index in [0.717, 1.165) is 54.5 Å². The summed E-state index contributed by atoms with van der Waals surface area (Å²) in [6, 6.07) is 14.3. The standard InChI is InChI=1S/C24H31N3O3/c1-17(2)22-10-5-18(3)15-23(22)30-16-24(28)26-25-19(4)20-6-8-21(9-7-20)27-11-13-29-14-12-27/h5-10,15,17H,11-14,16H2,1-4H3,(H,26,28)/b25-19-. The molecule has 0 saturated carbocycles. The summed E-state index contributed by atoms with van der Waals surface area (Å²) in [7, 11) is 0. The summed E-state index contributed by atoms with van der Waals surface area (Å²) in [5, 5.41) is 4.23. The fourth-order valence-corrected chi connectivity index (χ4v) is 3.36. The van der Waals surface area contributed by atoms with Crippen molar-refractivity contribution in [3.8, 4) is 5.75 Å². The van der Waals surface area contributed by atoms with E-state index in [1.807, 2.05) is 32.0 Å². The van der Waals surface area contributed by atoms with Crippen molar-refractivity contribution in [3.05, 3.63) is 59.2 Å². The van der Waals surface area contributed by atoms with Crippen LogP contribution in [0.1, 0.15) is 43.4 Å². The number of rotatable bonds is 7. The Balaban J connectivity index is 1.55. The molecule has 6 heteroatoms. The fourth-order valence-electron chi connectivity index (χ4n) is 3.36. The normalized spacial score (nSPS) is 14.7. The number of ether oxygens (including phenoxy) is 2. The lowest BCUT2D eigenvalue weighted by Gasteiger charge is -2.28. The topological polar surface area (TPSA) is 63.2 Å². The number of nitrogens with zero attached hydrogens (tertiary/aromatic N) is 2. The molecule has 0 radical (unpaired) electrons. The van der Waals surface area contributed by atoms with Crippen LogP contribution >= 0.6 is 0 Å². The van der Waals surface area contributed by atoms with E-state index in [1.54, 1.807) is 0 Å². The van der Waals surface area contributed by atoms with E-state index in [-0.39, 0.29) is 12.5 Å². The highest BCUT2D eigenvalue weighted by Gasteiger charge is 2.12. The van der Waals surface area contributed by atoms with Gasteiger partial charge in [0.15, 0.2) is 6.61 Å². The maximum atomic E-state index is 12.2. The Hall–Kier alpha value is -2.86. The zero-order chi connectivity index (χ0) is 21.5. The molecular formula is C24H31N3O3. The number of anilines is 1. The molecule has 1 amide bonds. The van der Waals surface area contributed by atoms with Crippen LogP contribution in [0, 0.1) is 6.92 Å². The summed E-state index contributed by atoms with van der Waals surface area (Å²) in [6.07, 6.45) is 0. The Morgan fingerprint density at radius 2 is 1.87 bits per heavy atom. The third kappa shape index (κ3) is 5.83. The SMILES string of the molecule is C/C(=N/NC(=O)COc1cc(C)ccc1C(C)C)c1ccc(N2CCOCC2)cc1. The number of aryl methyl sites for hydroxylation is 1. The van der Waals surface area contributed by atoms with Gasteiger partial charge in [0.1, 0.15) is 5.75 Å². The number of hydrogen-bond donors (Lipinski definition) is 1. The highest BCUT2D eigenvalue weighted by molar-refractivity contribution is 5.99. The van der Waals surface area contributed by atoms with Crippen molar-refractivity contribution >= 4 is 17.3 Å². The van der Waals surface area contributed by atoms with Gasteiger partial charge in [-0.15, -0.1) is 0 Å². The van der Waals surface area contributed by atoms with Crippen LogP contribution < -0.4 is 15.1 Å². The van der Waals surface area contributed by atoms with Crippen molar-refractivity contribution in [3.63, 3.8) is 0 Å². The van der Waals surface area contributed by atoms with Gasteiger partial charge in [-0.2, -0.15) is 5.10 Å². The maximum absolute atomic E-state index is 12.2. The maximum Gasteiger partial charge on any atom is 0.277 e. The van der Waals surface area contributed by atoms with E-state index in [1.165, 1.54) is 5.69 Å². The Kier molecular flexibility index (Phi) is 7.46. The zero-order valence-corrected chi connectivity index (χ0v) is 18.3. The molecule has 1 aliphatic heterocycles. The average molecular weight is 410 g/mol. The van der Waals surface area contributed by atoms with E-state index in [4.69, 9.17) is 9.47 Å². The first kappa shape index (κ1) is 21.8. The van der Waals surface area contributed by atoms with Crippen molar-refractivity contribution in [2.24, 2.45) is 5.10 Å². The van der Waals surface area contributed by atoms with E-state index in [0.29, 0.717) is 5.92 Å². The van der Waals surface area contributed by atoms with Crippen LogP contribution in [0.3, 0.4) is 0 Å². The molecule has 160 valence electrons. The molecule has 0 atom stereocenters. The number of hydrazone groups is 1. The lowest BCUT2D eigenvalue weighted by Crippen LogP contribution is -2.36. The second-order valence-electron chi connectivity index (χ2n) is 7.86. The minimum absolute atomic E-state index is 0.0735. The monoisotopic (exact) mass is 409 g/mol. The molecule has 2 aromatic carbocycles. The molecule has 0 aliphatic carbocycles. The van der Waals surface area contributed by atoms with Crippen molar-refractivity contribution in [2.45, 2.75) is 33.6 Å². The van der Waals surface area contributed by atoms with Crippen LogP contribution in [0.2, 0.25) is 0 Å². The van der Waals surface area contributed by atoms with Crippen LogP contribution in [-0.4, -0.2) is 44.5 Å². The molecule has 6 nitrogen and oxygen atoms in total. The van der Waals surface area contributed by atoms with Crippen LogP contribution in [0.15, 0.2) is 47.6 Å². The number of amides is 1. The van der Waals surface area contributed by atoms with Crippen LogP contribution in [0.5, 0.6) is 5.75 Å². The third-order valence-corrected chi connectivity index (χ3v) is 5.16. The predicted molar refractivity (Wildman–Crippen MR) is 121 cm³/mol. The largest absolute Gasteiger partial charge is 0.483 e. The zero-order valence-electron chi connectivity index (χ0n) is 18.3. The molecule has 2 aromatic rings. The summed E-state index contributed by atoms with van der Waals surface area (Å²) in [4.78, 5) is 14.5. The fraction of sp³-hybridized carbons (Fsp3) is 0.417. The Morgan fingerprint density at radius 1 is 1.17 bits per heavy atom. The van der Waals surface area contributed by atoms with Gasteiger partial charge in [0.2, 0.25) is 0 Å². The molecule has 0 bridgehead atoms. The van der Waals surface area contributed by atoms with E-state index in [9.17, 15) is 4.79 Å². The number of carbonyl (C=O) groups is 1. The van der Waals surface area contributed by atoms with Crippen LogP contribution in [-0.2, 0) is 9.53 Å². The average Bonchev–Trinajstić information content (AvgIpc) is 2.76. The number of hydrogen-bond acceptors (Lipinski definition) is 5. The Morgan fingerprint density at radius 3 is 2.53 bits per heavy atom. The molecule has 0 aromatic heterocycles. The third-order valence-electron chi connectivity index (χ3n) is 5.16. The number of benzene rings is 2. The number of nitrogens with one attached hydrogen (secondary N) is 1. The van der Waals surface area contributed by atoms with Crippen molar-refractivity contribution in [1.82, 2.24) is 5.43 Å². The van der Waals surface area contributed by atoms with Crippen LogP contribution in [0.25, 0.3) is 0 Å². The summed E-state index contributed by atoms with van der Waals surface area (Å²) in [6.45, 7) is 11.4. The smallest absolute Gasteiger partial charge is 0.277 e. The van der Waals surface area contributed by atoms with Gasteiger partial charge in [-0.05, 0) is 54.7 Å². The first-order valence-corrected chi connectivity index (χ1v) is 10.4. The molecular weight excluding hydrogens is 378 g/mol. The molecule has 1 saturated heterocycles. The van der Waals surface area contributed by atoms with Crippen molar-refractivity contribution in [2.75, 3.05) is 37.8 Å². The minimum Gasteiger partial charge on any atom is -0.483 e. The summed E-state index contributed by atoms with van der Waals surface area (Å²) >= 11 is 0. The van der Waals surface area contributed by atoms with E-state index < -0.39 is 0 Å². The molecule has 0 unspecified atom stereocenters.